The van der Waals surface area contributed by atoms with Crippen molar-refractivity contribution in [3.05, 3.63) is 115 Å². The molecule has 0 radical (unpaired) electrons. The van der Waals surface area contributed by atoms with Crippen LogP contribution in [0.1, 0.15) is 0 Å². The summed E-state index contributed by atoms with van der Waals surface area (Å²) in [6, 6.07) is 42.4. The highest BCUT2D eigenvalue weighted by atomic mass is 31.1. The molecule has 6 aromatic carbocycles. The molecule has 6 rings (SSSR count). The maximum Gasteiger partial charge on any atom is -0.00201 e. The highest BCUT2D eigenvalue weighted by Gasteiger charge is 2.17. The van der Waals surface area contributed by atoms with Gasteiger partial charge >= 0.3 is 0 Å². The first-order valence-electron chi connectivity index (χ1n) is 11.4. The first-order chi connectivity index (χ1) is 16.2. The summed E-state index contributed by atoms with van der Waals surface area (Å²) in [6.07, 6.45) is 0. The van der Waals surface area contributed by atoms with Crippen molar-refractivity contribution in [1.82, 2.24) is 0 Å². The minimum Gasteiger partial charge on any atom is -0.0817 e. The Labute approximate surface area is 196 Å². The number of fused-ring (bicyclic) bond motifs is 3. The molecule has 0 saturated carbocycles. The van der Waals surface area contributed by atoms with Gasteiger partial charge in [-0.05, 0) is 73.2 Å². The highest BCUT2D eigenvalue weighted by Crippen LogP contribution is 2.45. The molecule has 0 heterocycles. The lowest BCUT2D eigenvalue weighted by Gasteiger charge is -2.19. The van der Waals surface area contributed by atoms with Crippen molar-refractivity contribution in [2.45, 2.75) is 0 Å². The Balaban J connectivity index is 1.76. The molecule has 6 aromatic rings. The van der Waals surface area contributed by atoms with Crippen LogP contribution in [0, 0.1) is 0 Å². The van der Waals surface area contributed by atoms with E-state index >= 15 is 0 Å². The average Bonchev–Trinajstić information content (AvgIpc) is 2.87. The van der Waals surface area contributed by atoms with Gasteiger partial charge in [-0.15, -0.1) is 0 Å². The van der Waals surface area contributed by atoms with Crippen molar-refractivity contribution in [2.24, 2.45) is 0 Å². The quantitative estimate of drug-likeness (QED) is 0.190. The van der Waals surface area contributed by atoms with Crippen LogP contribution < -0.4 is 5.30 Å². The van der Waals surface area contributed by atoms with E-state index in [9.17, 15) is 0 Å². The Hall–Kier alpha value is -3.47. The second-order valence-electron chi connectivity index (χ2n) is 8.81. The van der Waals surface area contributed by atoms with Crippen LogP contribution in [0.15, 0.2) is 115 Å². The van der Waals surface area contributed by atoms with Gasteiger partial charge < -0.3 is 0 Å². The molecule has 0 aliphatic heterocycles. The summed E-state index contributed by atoms with van der Waals surface area (Å²) < 4.78 is 0. The van der Waals surface area contributed by atoms with Crippen molar-refractivity contribution < 1.29 is 0 Å². The number of hydrogen-bond donors (Lipinski definition) is 0. The molecular weight excluding hydrogens is 415 g/mol. The molecule has 33 heavy (non-hydrogen) atoms. The molecule has 0 atom stereocenters. The van der Waals surface area contributed by atoms with Gasteiger partial charge in [-0.25, -0.2) is 0 Å². The minimum atomic E-state index is -0.0985. The summed E-state index contributed by atoms with van der Waals surface area (Å²) in [4.78, 5) is 0. The van der Waals surface area contributed by atoms with E-state index < -0.39 is 0 Å². The van der Waals surface area contributed by atoms with Gasteiger partial charge in [0.2, 0.25) is 0 Å². The minimum absolute atomic E-state index is 0.0985. The van der Waals surface area contributed by atoms with Crippen molar-refractivity contribution in [3.8, 4) is 22.3 Å². The zero-order valence-corrected chi connectivity index (χ0v) is 19.8. The van der Waals surface area contributed by atoms with Gasteiger partial charge in [-0.3, -0.25) is 0 Å². The van der Waals surface area contributed by atoms with Gasteiger partial charge in [0.25, 0.3) is 0 Å². The fraction of sp³-hybridized carbons (Fsp3) is 0.0625. The predicted molar refractivity (Wildman–Crippen MR) is 148 cm³/mol. The van der Waals surface area contributed by atoms with Crippen molar-refractivity contribution in [3.63, 3.8) is 0 Å². The van der Waals surface area contributed by atoms with E-state index in [0.29, 0.717) is 0 Å². The Bertz CT molecular complexity index is 1560. The van der Waals surface area contributed by atoms with Crippen molar-refractivity contribution in [1.29, 1.82) is 0 Å². The van der Waals surface area contributed by atoms with E-state index in [-0.39, 0.29) is 7.92 Å². The van der Waals surface area contributed by atoms with E-state index in [4.69, 9.17) is 0 Å². The standard InChI is InChI=1S/C32H25P/c1-33(2)24-20-18-23(19-21-24)31-27-13-5-7-15-29(27)32(30-16-8-6-14-28(30)31)26-17-9-11-22-10-3-4-12-25(22)26/h3-21H,1-2H3. The molecule has 158 valence electrons. The second-order valence-corrected chi connectivity index (χ2v) is 11.1. The summed E-state index contributed by atoms with van der Waals surface area (Å²) in [6.45, 7) is 4.63. The smallest absolute Gasteiger partial charge is 0.00201 e. The molecule has 0 aromatic heterocycles. The van der Waals surface area contributed by atoms with Gasteiger partial charge in [0, 0.05) is 0 Å². The SMILES string of the molecule is CP(C)c1ccc(-c2c3ccccc3c(-c3cccc4ccccc34)c3ccccc23)cc1. The average molecular weight is 441 g/mol. The lowest BCUT2D eigenvalue weighted by molar-refractivity contribution is 1.68. The first-order valence-corrected chi connectivity index (χ1v) is 13.7. The van der Waals surface area contributed by atoms with Crippen LogP contribution in [0.5, 0.6) is 0 Å². The number of benzene rings is 6. The third-order valence-corrected chi connectivity index (χ3v) is 7.99. The Kier molecular flexibility index (Phi) is 4.97. The largest absolute Gasteiger partial charge is 0.0817 e. The summed E-state index contributed by atoms with van der Waals surface area (Å²) >= 11 is 0. The van der Waals surface area contributed by atoms with E-state index in [1.807, 2.05) is 0 Å². The van der Waals surface area contributed by atoms with Crippen molar-refractivity contribution in [2.75, 3.05) is 13.3 Å². The third-order valence-electron chi connectivity index (χ3n) is 6.66. The topological polar surface area (TPSA) is 0 Å². The van der Waals surface area contributed by atoms with Gasteiger partial charge in [0.15, 0.2) is 0 Å². The van der Waals surface area contributed by atoms with Crippen LogP contribution in [-0.2, 0) is 0 Å². The molecule has 0 fully saturated rings. The fourth-order valence-corrected chi connectivity index (χ4v) is 5.84. The van der Waals surface area contributed by atoms with Crippen LogP contribution in [0.25, 0.3) is 54.6 Å². The van der Waals surface area contributed by atoms with Crippen LogP contribution in [-0.4, -0.2) is 13.3 Å². The van der Waals surface area contributed by atoms with Crippen LogP contribution >= 0.6 is 7.92 Å². The molecule has 0 spiro atoms. The molecule has 0 saturated heterocycles. The molecule has 0 aliphatic rings. The molecule has 0 amide bonds. The maximum absolute atomic E-state index is 2.31. The van der Waals surface area contributed by atoms with Gasteiger partial charge in [-0.2, -0.15) is 0 Å². The number of rotatable bonds is 3. The van der Waals surface area contributed by atoms with E-state index in [0.717, 1.165) is 0 Å². The lowest BCUT2D eigenvalue weighted by atomic mass is 9.85. The Morgan fingerprint density at radius 2 is 0.909 bits per heavy atom. The molecule has 0 N–H and O–H groups in total. The second kappa shape index (κ2) is 8.14. The zero-order chi connectivity index (χ0) is 22.4. The van der Waals surface area contributed by atoms with Gasteiger partial charge in [0.05, 0.1) is 0 Å². The third kappa shape index (κ3) is 3.34. The van der Waals surface area contributed by atoms with Gasteiger partial charge in [0.1, 0.15) is 0 Å². The lowest BCUT2D eigenvalue weighted by Crippen LogP contribution is -1.98. The molecular formula is C32H25P. The summed E-state index contributed by atoms with van der Waals surface area (Å²) in [5.41, 5.74) is 5.23. The zero-order valence-electron chi connectivity index (χ0n) is 18.9. The van der Waals surface area contributed by atoms with E-state index in [2.05, 4.69) is 129 Å². The maximum atomic E-state index is 2.31. The van der Waals surface area contributed by atoms with E-state index in [1.54, 1.807) is 0 Å². The monoisotopic (exact) mass is 440 g/mol. The van der Waals surface area contributed by atoms with Crippen LogP contribution in [0.3, 0.4) is 0 Å². The molecule has 0 nitrogen and oxygen atoms in total. The van der Waals surface area contributed by atoms with Crippen molar-refractivity contribution >= 4 is 45.5 Å². The fourth-order valence-electron chi connectivity index (χ4n) is 5.10. The normalized spacial score (nSPS) is 11.6. The first kappa shape index (κ1) is 20.2. The molecule has 0 unspecified atom stereocenters. The van der Waals surface area contributed by atoms with E-state index in [1.165, 1.54) is 59.9 Å². The Morgan fingerprint density at radius 3 is 1.48 bits per heavy atom. The van der Waals surface area contributed by atoms with Crippen LogP contribution in [0.4, 0.5) is 0 Å². The summed E-state index contributed by atoms with van der Waals surface area (Å²) in [5, 5.41) is 9.24. The molecule has 1 heteroatoms. The molecule has 0 aliphatic carbocycles. The summed E-state index contributed by atoms with van der Waals surface area (Å²) in [5.74, 6) is 0. The predicted octanol–water partition coefficient (Wildman–Crippen LogP) is 8.85. The highest BCUT2D eigenvalue weighted by molar-refractivity contribution is 7.64. The summed E-state index contributed by atoms with van der Waals surface area (Å²) in [7, 11) is -0.0985. The van der Waals surface area contributed by atoms with Gasteiger partial charge in [-0.1, -0.05) is 123 Å². The van der Waals surface area contributed by atoms with Crippen LogP contribution in [0.2, 0.25) is 0 Å². The Morgan fingerprint density at radius 1 is 0.424 bits per heavy atom. The number of hydrogen-bond acceptors (Lipinski definition) is 0. The molecule has 0 bridgehead atoms.